The van der Waals surface area contributed by atoms with Gasteiger partial charge in [0.15, 0.2) is 0 Å². The third-order valence-electron chi connectivity index (χ3n) is 5.35. The van der Waals surface area contributed by atoms with Gasteiger partial charge in [0.25, 0.3) is 5.91 Å². The predicted octanol–water partition coefficient (Wildman–Crippen LogP) is 4.85. The predicted molar refractivity (Wildman–Crippen MR) is 135 cm³/mol. The van der Waals surface area contributed by atoms with Crippen LogP contribution in [0.2, 0.25) is 0 Å². The highest BCUT2D eigenvalue weighted by Gasteiger charge is 2.23. The van der Waals surface area contributed by atoms with E-state index in [0.29, 0.717) is 50.6 Å². The Balaban J connectivity index is 1.78. The van der Waals surface area contributed by atoms with Crippen LogP contribution in [-0.2, 0) is 22.6 Å². The number of rotatable bonds is 13. The Morgan fingerprint density at radius 1 is 0.941 bits per heavy atom. The van der Waals surface area contributed by atoms with E-state index in [1.165, 1.54) is 0 Å². The molecule has 0 aliphatic carbocycles. The number of nitrogens with zero attached hydrogens (tertiary/aromatic N) is 2. The van der Waals surface area contributed by atoms with Gasteiger partial charge >= 0.3 is 0 Å². The molecule has 0 radical (unpaired) electrons. The number of benzene rings is 2. The van der Waals surface area contributed by atoms with Crippen molar-refractivity contribution in [3.8, 4) is 5.75 Å². The van der Waals surface area contributed by atoms with Crippen LogP contribution in [0.15, 0.2) is 72.1 Å². The monoisotopic (exact) mass is 480 g/mol. The molecule has 0 aliphatic heterocycles. The van der Waals surface area contributed by atoms with Crippen molar-refractivity contribution < 1.29 is 19.1 Å². The molecule has 180 valence electrons. The standard InChI is InChI=1S/C27H32N2O4S/c1-3-33-16-9-15-28(27(31)23-12-7-13-24(18-23)32-2)21-26(30)29(20-25-14-8-17-34-25)19-22-10-5-4-6-11-22/h4-8,10-14,17-18H,3,9,15-16,19-21H2,1-2H3. The SMILES string of the molecule is CCOCCCN(CC(=O)N(Cc1ccccc1)Cc1cccs1)C(=O)c1cccc(OC)c1. The average Bonchev–Trinajstić information content (AvgIpc) is 3.39. The van der Waals surface area contributed by atoms with E-state index in [2.05, 4.69) is 0 Å². The van der Waals surface area contributed by atoms with Crippen LogP contribution in [0.3, 0.4) is 0 Å². The summed E-state index contributed by atoms with van der Waals surface area (Å²) in [7, 11) is 1.57. The first kappa shape index (κ1) is 25.5. The first-order valence-corrected chi connectivity index (χ1v) is 12.3. The number of methoxy groups -OCH3 is 1. The highest BCUT2D eigenvalue weighted by Crippen LogP contribution is 2.17. The van der Waals surface area contributed by atoms with Gasteiger partial charge in [-0.2, -0.15) is 0 Å². The van der Waals surface area contributed by atoms with Gasteiger partial charge in [0, 0.05) is 36.7 Å². The summed E-state index contributed by atoms with van der Waals surface area (Å²) in [6.07, 6.45) is 0.653. The second-order valence-electron chi connectivity index (χ2n) is 7.82. The van der Waals surface area contributed by atoms with Crippen molar-refractivity contribution in [2.24, 2.45) is 0 Å². The summed E-state index contributed by atoms with van der Waals surface area (Å²) in [4.78, 5) is 31.4. The zero-order valence-electron chi connectivity index (χ0n) is 19.8. The smallest absolute Gasteiger partial charge is 0.254 e. The minimum absolute atomic E-state index is 0.000374. The number of hydrogen-bond donors (Lipinski definition) is 0. The van der Waals surface area contributed by atoms with Gasteiger partial charge in [-0.1, -0.05) is 42.5 Å². The zero-order valence-corrected chi connectivity index (χ0v) is 20.6. The molecule has 1 aromatic heterocycles. The van der Waals surface area contributed by atoms with Gasteiger partial charge in [-0.3, -0.25) is 9.59 Å². The van der Waals surface area contributed by atoms with E-state index in [4.69, 9.17) is 9.47 Å². The molecule has 7 heteroatoms. The van der Waals surface area contributed by atoms with Crippen LogP contribution >= 0.6 is 11.3 Å². The van der Waals surface area contributed by atoms with E-state index < -0.39 is 0 Å². The lowest BCUT2D eigenvalue weighted by Gasteiger charge is -2.28. The van der Waals surface area contributed by atoms with Crippen LogP contribution < -0.4 is 4.74 Å². The lowest BCUT2D eigenvalue weighted by atomic mass is 10.1. The second kappa shape index (κ2) is 13.5. The Bertz CT molecular complexity index is 1020. The van der Waals surface area contributed by atoms with Crippen molar-refractivity contribution in [3.05, 3.63) is 88.1 Å². The van der Waals surface area contributed by atoms with E-state index in [1.54, 1.807) is 47.6 Å². The number of hydrogen-bond acceptors (Lipinski definition) is 5. The summed E-state index contributed by atoms with van der Waals surface area (Å²) in [5, 5.41) is 2.01. The van der Waals surface area contributed by atoms with Gasteiger partial charge in [0.05, 0.1) is 13.7 Å². The number of ether oxygens (including phenoxy) is 2. The molecular weight excluding hydrogens is 448 g/mol. The minimum Gasteiger partial charge on any atom is -0.497 e. The summed E-state index contributed by atoms with van der Waals surface area (Å²) in [6.45, 7) is 4.52. The fourth-order valence-corrected chi connectivity index (χ4v) is 4.30. The quantitative estimate of drug-likeness (QED) is 0.328. The fraction of sp³-hybridized carbons (Fsp3) is 0.333. The van der Waals surface area contributed by atoms with Crippen molar-refractivity contribution in [1.29, 1.82) is 0 Å². The van der Waals surface area contributed by atoms with Crippen LogP contribution in [0.4, 0.5) is 0 Å². The number of amides is 2. The van der Waals surface area contributed by atoms with Crippen molar-refractivity contribution in [2.45, 2.75) is 26.4 Å². The maximum Gasteiger partial charge on any atom is 0.254 e. The molecule has 0 unspecified atom stereocenters. The Morgan fingerprint density at radius 2 is 1.76 bits per heavy atom. The minimum atomic E-state index is -0.195. The molecule has 34 heavy (non-hydrogen) atoms. The van der Waals surface area contributed by atoms with Gasteiger partial charge in [-0.05, 0) is 48.6 Å². The third-order valence-corrected chi connectivity index (χ3v) is 6.21. The van der Waals surface area contributed by atoms with Gasteiger partial charge < -0.3 is 19.3 Å². The van der Waals surface area contributed by atoms with Gasteiger partial charge in [0.2, 0.25) is 5.91 Å². The molecule has 0 aliphatic rings. The molecule has 0 saturated heterocycles. The summed E-state index contributed by atoms with van der Waals surface area (Å²) < 4.78 is 10.7. The summed E-state index contributed by atoms with van der Waals surface area (Å²) in [6, 6.07) is 21.0. The number of carbonyl (C=O) groups excluding carboxylic acids is 2. The lowest BCUT2D eigenvalue weighted by Crippen LogP contribution is -2.43. The second-order valence-corrected chi connectivity index (χ2v) is 8.86. The molecular formula is C27H32N2O4S. The van der Waals surface area contributed by atoms with Crippen molar-refractivity contribution >= 4 is 23.2 Å². The Hall–Kier alpha value is -3.16. The molecule has 1 heterocycles. The molecule has 0 spiro atoms. The fourth-order valence-electron chi connectivity index (χ4n) is 3.58. The summed E-state index contributed by atoms with van der Waals surface area (Å²) in [5.74, 6) is 0.319. The normalized spacial score (nSPS) is 10.6. The van der Waals surface area contributed by atoms with Crippen molar-refractivity contribution in [2.75, 3.05) is 33.4 Å². The molecule has 0 atom stereocenters. The van der Waals surface area contributed by atoms with E-state index in [-0.39, 0.29) is 18.4 Å². The molecule has 2 aromatic carbocycles. The molecule has 3 aromatic rings. The lowest BCUT2D eigenvalue weighted by molar-refractivity contribution is -0.133. The maximum absolute atomic E-state index is 13.5. The van der Waals surface area contributed by atoms with E-state index >= 15 is 0 Å². The Labute approximate surface area is 205 Å². The van der Waals surface area contributed by atoms with Gasteiger partial charge in [0.1, 0.15) is 12.3 Å². The van der Waals surface area contributed by atoms with Crippen molar-refractivity contribution in [3.63, 3.8) is 0 Å². The highest BCUT2D eigenvalue weighted by atomic mass is 32.1. The first-order chi connectivity index (χ1) is 16.6. The molecule has 3 rings (SSSR count). The van der Waals surface area contributed by atoms with Crippen LogP contribution in [-0.4, -0.2) is 55.0 Å². The van der Waals surface area contributed by atoms with Crippen LogP contribution in [0.1, 0.15) is 34.1 Å². The zero-order chi connectivity index (χ0) is 24.2. The van der Waals surface area contributed by atoms with E-state index in [1.807, 2.05) is 59.7 Å². The van der Waals surface area contributed by atoms with E-state index in [9.17, 15) is 9.59 Å². The maximum atomic E-state index is 13.5. The Morgan fingerprint density at radius 3 is 2.47 bits per heavy atom. The topological polar surface area (TPSA) is 59.1 Å². The molecule has 0 N–H and O–H groups in total. The molecule has 2 amide bonds. The van der Waals surface area contributed by atoms with Crippen LogP contribution in [0.25, 0.3) is 0 Å². The highest BCUT2D eigenvalue weighted by molar-refractivity contribution is 7.09. The number of carbonyl (C=O) groups is 2. The molecule has 0 fully saturated rings. The molecule has 0 bridgehead atoms. The molecule has 6 nitrogen and oxygen atoms in total. The summed E-state index contributed by atoms with van der Waals surface area (Å²) >= 11 is 1.62. The third kappa shape index (κ3) is 7.71. The number of thiophene rings is 1. The van der Waals surface area contributed by atoms with E-state index in [0.717, 1.165) is 10.4 Å². The van der Waals surface area contributed by atoms with Gasteiger partial charge in [-0.25, -0.2) is 0 Å². The Kier molecular flexibility index (Phi) is 10.1. The summed E-state index contributed by atoms with van der Waals surface area (Å²) in [5.41, 5.74) is 1.55. The average molecular weight is 481 g/mol. The first-order valence-electron chi connectivity index (χ1n) is 11.5. The van der Waals surface area contributed by atoms with Crippen molar-refractivity contribution in [1.82, 2.24) is 9.80 Å². The van der Waals surface area contributed by atoms with Gasteiger partial charge in [-0.15, -0.1) is 11.3 Å². The largest absolute Gasteiger partial charge is 0.497 e. The van der Waals surface area contributed by atoms with Crippen LogP contribution in [0, 0.1) is 0 Å². The molecule has 0 saturated carbocycles. The van der Waals surface area contributed by atoms with Crippen LogP contribution in [0.5, 0.6) is 5.75 Å².